The first kappa shape index (κ1) is 10.9. The second kappa shape index (κ2) is 3.14. The minimum atomic E-state index is -0.400. The highest BCUT2D eigenvalue weighted by Gasteiger charge is 2.81. The number of halogens is 2. The summed E-state index contributed by atoms with van der Waals surface area (Å²) in [6.07, 6.45) is 2.35. The molecule has 2 aliphatic carbocycles. The van der Waals surface area contributed by atoms with Crippen LogP contribution in [0.25, 0.3) is 0 Å². The molecule has 1 aromatic rings. The molecule has 0 atom stereocenters. The van der Waals surface area contributed by atoms with Crippen LogP contribution in [0, 0.1) is 11.2 Å². The maximum absolute atomic E-state index is 13.3. The average Bonchev–Trinajstić information content (AvgIpc) is 3.04. The van der Waals surface area contributed by atoms with Gasteiger partial charge in [-0.25, -0.2) is 9.38 Å². The molecule has 94 valence electrons. The largest absolute Gasteiger partial charge is 0.325 e. The molecule has 18 heavy (non-hydrogen) atoms. The standard InChI is InChI=1S/C12H11ClFN3S/c1-11-4-12(11,5-11)16-10-15-8-2-6(13)7(14)3-9(8)18-17-10/h2-3H,4-5H2,1H3,(H2,15,16,17). The molecule has 0 radical (unpaired) electrons. The molecule has 0 spiro atoms. The van der Waals surface area contributed by atoms with E-state index in [4.69, 9.17) is 16.6 Å². The normalized spacial score (nSPS) is 37.4. The smallest absolute Gasteiger partial charge is 0.206 e. The molecule has 3 nitrogen and oxygen atoms in total. The van der Waals surface area contributed by atoms with E-state index in [1.165, 1.54) is 30.9 Å². The number of anilines is 1. The Labute approximate surface area is 113 Å². The number of hydrogen-bond donors (Lipinski definition) is 2. The van der Waals surface area contributed by atoms with Crippen LogP contribution in [-0.2, 0) is 0 Å². The van der Waals surface area contributed by atoms with Gasteiger partial charge in [-0.05, 0) is 42.3 Å². The molecule has 1 heterocycles. The molecular weight excluding hydrogens is 273 g/mol. The fourth-order valence-electron chi connectivity index (χ4n) is 2.60. The lowest BCUT2D eigenvalue weighted by Gasteiger charge is -2.21. The van der Waals surface area contributed by atoms with Gasteiger partial charge in [-0.3, -0.25) is 4.72 Å². The highest BCUT2D eigenvalue weighted by atomic mass is 35.5. The minimum absolute atomic E-state index is 0.129. The summed E-state index contributed by atoms with van der Waals surface area (Å²) in [7, 11) is 0. The van der Waals surface area contributed by atoms with E-state index in [0.29, 0.717) is 5.41 Å². The Hall–Kier alpha value is -0.940. The Balaban J connectivity index is 1.64. The third-order valence-corrected chi connectivity index (χ3v) is 5.24. The quantitative estimate of drug-likeness (QED) is 0.776. The van der Waals surface area contributed by atoms with Gasteiger partial charge in [0.1, 0.15) is 5.82 Å². The van der Waals surface area contributed by atoms with Crippen molar-refractivity contribution in [1.82, 2.24) is 4.72 Å². The molecule has 0 amide bonds. The van der Waals surface area contributed by atoms with Crippen molar-refractivity contribution in [3.8, 4) is 0 Å². The first-order chi connectivity index (χ1) is 8.51. The van der Waals surface area contributed by atoms with Gasteiger partial charge in [-0.15, -0.1) is 0 Å². The number of fused-ring (bicyclic) bond motifs is 2. The van der Waals surface area contributed by atoms with Crippen molar-refractivity contribution in [2.24, 2.45) is 10.4 Å². The van der Waals surface area contributed by atoms with E-state index < -0.39 is 5.82 Å². The van der Waals surface area contributed by atoms with Gasteiger partial charge in [0.2, 0.25) is 5.96 Å². The average molecular weight is 284 g/mol. The van der Waals surface area contributed by atoms with E-state index in [2.05, 4.69) is 17.0 Å². The molecule has 0 bridgehead atoms. The van der Waals surface area contributed by atoms with Gasteiger partial charge in [0.15, 0.2) is 0 Å². The summed E-state index contributed by atoms with van der Waals surface area (Å²) >= 11 is 7.15. The highest BCUT2D eigenvalue weighted by Crippen LogP contribution is 2.80. The number of hydrogen-bond acceptors (Lipinski definition) is 2. The maximum Gasteiger partial charge on any atom is 0.206 e. The van der Waals surface area contributed by atoms with Gasteiger partial charge in [-0.1, -0.05) is 18.5 Å². The Morgan fingerprint density at radius 2 is 2.17 bits per heavy atom. The molecule has 2 fully saturated rings. The minimum Gasteiger partial charge on any atom is -0.325 e. The van der Waals surface area contributed by atoms with Crippen LogP contribution >= 0.6 is 23.5 Å². The molecule has 2 saturated carbocycles. The predicted molar refractivity (Wildman–Crippen MR) is 71.5 cm³/mol. The number of nitrogens with one attached hydrogen (secondary N) is 2. The van der Waals surface area contributed by atoms with Crippen molar-refractivity contribution >= 4 is 35.2 Å². The van der Waals surface area contributed by atoms with Crippen LogP contribution in [0.5, 0.6) is 0 Å². The van der Waals surface area contributed by atoms with Gasteiger partial charge in [0.25, 0.3) is 0 Å². The van der Waals surface area contributed by atoms with E-state index in [1.807, 2.05) is 0 Å². The summed E-state index contributed by atoms with van der Waals surface area (Å²) in [5, 5.41) is 3.30. The van der Waals surface area contributed by atoms with Crippen LogP contribution in [-0.4, -0.2) is 11.5 Å². The van der Waals surface area contributed by atoms with Crippen molar-refractivity contribution in [3.63, 3.8) is 0 Å². The zero-order valence-electron chi connectivity index (χ0n) is 9.68. The SMILES string of the molecule is CC12CC1(N=C1NSc3cc(F)c(Cl)cc3N1)C2. The van der Waals surface area contributed by atoms with Crippen molar-refractivity contribution in [1.29, 1.82) is 0 Å². The molecule has 3 aliphatic rings. The topological polar surface area (TPSA) is 36.4 Å². The molecule has 2 N–H and O–H groups in total. The van der Waals surface area contributed by atoms with Crippen LogP contribution in [0.2, 0.25) is 5.02 Å². The monoisotopic (exact) mass is 283 g/mol. The van der Waals surface area contributed by atoms with Gasteiger partial charge >= 0.3 is 0 Å². The van der Waals surface area contributed by atoms with Crippen molar-refractivity contribution in [2.45, 2.75) is 30.2 Å². The molecule has 6 heteroatoms. The Bertz CT molecular complexity index is 595. The second-order valence-corrected chi connectivity index (χ2v) is 6.75. The number of rotatable bonds is 1. The summed E-state index contributed by atoms with van der Waals surface area (Å²) in [6.45, 7) is 2.26. The zero-order chi connectivity index (χ0) is 12.5. The Kier molecular flexibility index (Phi) is 1.91. The summed E-state index contributed by atoms with van der Waals surface area (Å²) in [4.78, 5) is 5.51. The van der Waals surface area contributed by atoms with E-state index in [9.17, 15) is 4.39 Å². The summed E-state index contributed by atoms with van der Waals surface area (Å²) in [5.74, 6) is 0.346. The number of guanidine groups is 1. The van der Waals surface area contributed by atoms with Gasteiger partial charge in [0, 0.05) is 0 Å². The molecule has 1 aromatic carbocycles. The van der Waals surface area contributed by atoms with E-state index in [1.54, 1.807) is 6.07 Å². The Morgan fingerprint density at radius 1 is 1.44 bits per heavy atom. The third kappa shape index (κ3) is 1.40. The number of nitrogens with zero attached hydrogens (tertiary/aromatic N) is 1. The van der Waals surface area contributed by atoms with E-state index >= 15 is 0 Å². The van der Waals surface area contributed by atoms with Crippen LogP contribution in [0.3, 0.4) is 0 Å². The third-order valence-electron chi connectivity index (χ3n) is 4.10. The summed E-state index contributed by atoms with van der Waals surface area (Å²) in [6, 6.07) is 3.03. The molecule has 0 saturated heterocycles. The lowest BCUT2D eigenvalue weighted by atomic mass is 10.3. The molecule has 4 rings (SSSR count). The zero-order valence-corrected chi connectivity index (χ0v) is 11.3. The fourth-order valence-corrected chi connectivity index (χ4v) is 3.45. The first-order valence-corrected chi connectivity index (χ1v) is 7.00. The molecule has 1 aliphatic heterocycles. The van der Waals surface area contributed by atoms with Crippen LogP contribution in [0.1, 0.15) is 19.8 Å². The Morgan fingerprint density at radius 3 is 2.83 bits per heavy atom. The van der Waals surface area contributed by atoms with Gasteiger partial charge < -0.3 is 5.32 Å². The molecular formula is C12H11ClFN3S. The first-order valence-electron chi connectivity index (χ1n) is 5.80. The van der Waals surface area contributed by atoms with Crippen LogP contribution in [0.4, 0.5) is 10.1 Å². The second-order valence-electron chi connectivity index (χ2n) is 5.50. The maximum atomic E-state index is 13.3. The van der Waals surface area contributed by atoms with Crippen molar-refractivity contribution in [3.05, 3.63) is 23.0 Å². The molecule has 0 aromatic heterocycles. The van der Waals surface area contributed by atoms with E-state index in [-0.39, 0.29) is 10.6 Å². The van der Waals surface area contributed by atoms with Crippen molar-refractivity contribution < 1.29 is 4.39 Å². The summed E-state index contributed by atoms with van der Waals surface area (Å²) < 4.78 is 16.4. The predicted octanol–water partition coefficient (Wildman–Crippen LogP) is 3.41. The van der Waals surface area contributed by atoms with Gasteiger partial charge in [0.05, 0.1) is 21.1 Å². The summed E-state index contributed by atoms with van der Waals surface area (Å²) in [5.41, 5.74) is 1.42. The van der Waals surface area contributed by atoms with Crippen LogP contribution < -0.4 is 10.0 Å². The van der Waals surface area contributed by atoms with Gasteiger partial charge in [-0.2, -0.15) is 0 Å². The van der Waals surface area contributed by atoms with Crippen LogP contribution in [0.15, 0.2) is 22.0 Å². The van der Waals surface area contributed by atoms with Crippen molar-refractivity contribution in [2.75, 3.05) is 5.32 Å². The molecule has 0 unspecified atom stereocenters. The number of aliphatic imine (C=N–C) groups is 1. The highest BCUT2D eigenvalue weighted by molar-refractivity contribution is 7.98. The fraction of sp³-hybridized carbons (Fsp3) is 0.417. The lowest BCUT2D eigenvalue weighted by Crippen LogP contribution is -2.30. The number of benzene rings is 1. The lowest BCUT2D eigenvalue weighted by molar-refractivity contribution is 0.625. The van der Waals surface area contributed by atoms with E-state index in [0.717, 1.165) is 16.5 Å².